The summed E-state index contributed by atoms with van der Waals surface area (Å²) in [5.74, 6) is 0. The molecule has 0 heterocycles. The molecule has 1 rings (SSSR count). The van der Waals surface area contributed by atoms with Crippen LogP contribution in [0.15, 0.2) is 0 Å². The Morgan fingerprint density at radius 2 is 1.90 bits per heavy atom. The van der Waals surface area contributed by atoms with E-state index in [0.29, 0.717) is 25.8 Å². The van der Waals surface area contributed by atoms with Gasteiger partial charge in [-0.25, -0.2) is 13.1 Å². The van der Waals surface area contributed by atoms with Gasteiger partial charge >= 0.3 is 0 Å². The topological polar surface area (TPSA) is 67.4 Å². The predicted molar refractivity (Wildman–Crippen MR) is 82.4 cm³/mol. The van der Waals surface area contributed by atoms with Crippen LogP contribution in [-0.4, -0.2) is 46.0 Å². The van der Waals surface area contributed by atoms with Crippen molar-refractivity contribution in [3.8, 4) is 0 Å². The Hall–Kier alpha value is -0.170. The van der Waals surface area contributed by atoms with Gasteiger partial charge in [0.05, 0.1) is 18.0 Å². The van der Waals surface area contributed by atoms with E-state index in [2.05, 4.69) is 17.0 Å². The molecule has 0 spiro atoms. The Balaban J connectivity index is 2.14. The van der Waals surface area contributed by atoms with Gasteiger partial charge in [-0.2, -0.15) is 0 Å². The first kappa shape index (κ1) is 17.9. The molecular formula is C14H30N2O3S. The maximum atomic E-state index is 12.0. The standard InChI is InChI=1S/C14H30N2O3S/c1-3-9-15-12-13(2)20(17,18)16-10-11-19-14-7-5-4-6-8-14/h13-16H,3-12H2,1-2H3. The molecule has 6 heteroatoms. The minimum Gasteiger partial charge on any atom is -0.377 e. The van der Waals surface area contributed by atoms with E-state index in [1.54, 1.807) is 6.92 Å². The zero-order valence-electron chi connectivity index (χ0n) is 12.9. The summed E-state index contributed by atoms with van der Waals surface area (Å²) in [6.45, 7) is 5.98. The first-order valence-electron chi connectivity index (χ1n) is 7.87. The van der Waals surface area contributed by atoms with Crippen molar-refractivity contribution in [3.05, 3.63) is 0 Å². The van der Waals surface area contributed by atoms with E-state index in [0.717, 1.165) is 25.8 Å². The highest BCUT2D eigenvalue weighted by Gasteiger charge is 2.20. The molecule has 0 amide bonds. The molecule has 5 nitrogen and oxygen atoms in total. The normalized spacial score (nSPS) is 19.1. The number of ether oxygens (including phenoxy) is 1. The summed E-state index contributed by atoms with van der Waals surface area (Å²) in [6, 6.07) is 0. The van der Waals surface area contributed by atoms with Crippen molar-refractivity contribution >= 4 is 10.0 Å². The van der Waals surface area contributed by atoms with Crippen LogP contribution in [0, 0.1) is 0 Å². The van der Waals surface area contributed by atoms with Gasteiger partial charge < -0.3 is 10.1 Å². The third kappa shape index (κ3) is 7.02. The van der Waals surface area contributed by atoms with Crippen LogP contribution < -0.4 is 10.0 Å². The van der Waals surface area contributed by atoms with Gasteiger partial charge in [0.15, 0.2) is 0 Å². The molecule has 1 atom stereocenters. The second kappa shape index (κ2) is 9.71. The van der Waals surface area contributed by atoms with Crippen LogP contribution in [0.3, 0.4) is 0 Å². The Kier molecular flexibility index (Phi) is 8.68. The van der Waals surface area contributed by atoms with Crippen molar-refractivity contribution < 1.29 is 13.2 Å². The lowest BCUT2D eigenvalue weighted by molar-refractivity contribution is 0.0320. The Morgan fingerprint density at radius 3 is 2.55 bits per heavy atom. The van der Waals surface area contributed by atoms with Crippen LogP contribution >= 0.6 is 0 Å². The molecule has 1 unspecified atom stereocenters. The molecule has 0 aromatic rings. The zero-order valence-corrected chi connectivity index (χ0v) is 13.7. The minimum absolute atomic E-state index is 0.330. The van der Waals surface area contributed by atoms with Crippen LogP contribution in [0.5, 0.6) is 0 Å². The lowest BCUT2D eigenvalue weighted by Gasteiger charge is -2.22. The van der Waals surface area contributed by atoms with Crippen molar-refractivity contribution in [2.45, 2.75) is 63.7 Å². The average molecular weight is 306 g/mol. The Labute approximate surface area is 123 Å². The van der Waals surface area contributed by atoms with E-state index in [-0.39, 0.29) is 0 Å². The molecule has 0 radical (unpaired) electrons. The molecule has 120 valence electrons. The molecule has 1 aliphatic rings. The van der Waals surface area contributed by atoms with Gasteiger partial charge in [-0.3, -0.25) is 0 Å². The largest absolute Gasteiger partial charge is 0.377 e. The van der Waals surface area contributed by atoms with Gasteiger partial charge in [0.2, 0.25) is 10.0 Å². The molecular weight excluding hydrogens is 276 g/mol. The van der Waals surface area contributed by atoms with E-state index in [1.165, 1.54) is 19.3 Å². The predicted octanol–water partition coefficient (Wildman–Crippen LogP) is 1.64. The molecule has 2 N–H and O–H groups in total. The molecule has 0 aromatic heterocycles. The van der Waals surface area contributed by atoms with Crippen molar-refractivity contribution in [1.82, 2.24) is 10.0 Å². The van der Waals surface area contributed by atoms with Crippen molar-refractivity contribution in [2.75, 3.05) is 26.2 Å². The Bertz CT molecular complexity index is 340. The van der Waals surface area contributed by atoms with Crippen LogP contribution in [0.4, 0.5) is 0 Å². The number of hydrogen-bond donors (Lipinski definition) is 2. The monoisotopic (exact) mass is 306 g/mol. The van der Waals surface area contributed by atoms with Gasteiger partial charge in [0, 0.05) is 13.1 Å². The van der Waals surface area contributed by atoms with Crippen molar-refractivity contribution in [1.29, 1.82) is 0 Å². The minimum atomic E-state index is -3.24. The van der Waals surface area contributed by atoms with Gasteiger partial charge in [-0.1, -0.05) is 26.2 Å². The zero-order chi connectivity index (χ0) is 14.8. The number of hydrogen-bond acceptors (Lipinski definition) is 4. The summed E-state index contributed by atoms with van der Waals surface area (Å²) < 4.78 is 32.3. The molecule has 0 aromatic carbocycles. The van der Waals surface area contributed by atoms with E-state index >= 15 is 0 Å². The summed E-state index contributed by atoms with van der Waals surface area (Å²) in [4.78, 5) is 0. The SMILES string of the molecule is CCCNCC(C)S(=O)(=O)NCCOC1CCCCC1. The Morgan fingerprint density at radius 1 is 1.20 bits per heavy atom. The molecule has 1 saturated carbocycles. The highest BCUT2D eigenvalue weighted by molar-refractivity contribution is 7.90. The summed E-state index contributed by atoms with van der Waals surface area (Å²) in [5, 5.41) is 2.72. The summed E-state index contributed by atoms with van der Waals surface area (Å²) >= 11 is 0. The van der Waals surface area contributed by atoms with Crippen molar-refractivity contribution in [3.63, 3.8) is 0 Å². The number of nitrogens with one attached hydrogen (secondary N) is 2. The van der Waals surface area contributed by atoms with E-state index in [4.69, 9.17) is 4.74 Å². The average Bonchev–Trinajstić information content (AvgIpc) is 2.45. The van der Waals surface area contributed by atoms with Crippen molar-refractivity contribution in [2.24, 2.45) is 0 Å². The molecule has 1 fully saturated rings. The maximum absolute atomic E-state index is 12.0. The number of sulfonamides is 1. The maximum Gasteiger partial charge on any atom is 0.215 e. The number of rotatable bonds is 10. The summed E-state index contributed by atoms with van der Waals surface area (Å²) in [5.41, 5.74) is 0. The van der Waals surface area contributed by atoms with Crippen LogP contribution in [0.2, 0.25) is 0 Å². The highest BCUT2D eigenvalue weighted by atomic mass is 32.2. The van der Waals surface area contributed by atoms with E-state index < -0.39 is 15.3 Å². The van der Waals surface area contributed by atoms with Gasteiger partial charge in [-0.15, -0.1) is 0 Å². The molecule has 0 bridgehead atoms. The second-order valence-electron chi connectivity index (χ2n) is 5.58. The first-order chi connectivity index (χ1) is 9.56. The molecule has 20 heavy (non-hydrogen) atoms. The molecule has 0 aliphatic heterocycles. The third-order valence-electron chi connectivity index (χ3n) is 3.70. The van der Waals surface area contributed by atoms with Gasteiger partial charge in [-0.05, 0) is 32.7 Å². The smallest absolute Gasteiger partial charge is 0.215 e. The lowest BCUT2D eigenvalue weighted by atomic mass is 9.98. The quantitative estimate of drug-likeness (QED) is 0.602. The second-order valence-corrected chi connectivity index (χ2v) is 7.77. The van der Waals surface area contributed by atoms with Crippen LogP contribution in [0.1, 0.15) is 52.4 Å². The molecule has 0 saturated heterocycles. The third-order valence-corrected chi connectivity index (χ3v) is 5.53. The van der Waals surface area contributed by atoms with Gasteiger partial charge in [0.1, 0.15) is 0 Å². The molecule has 1 aliphatic carbocycles. The fourth-order valence-electron chi connectivity index (χ4n) is 2.38. The van der Waals surface area contributed by atoms with Crippen LogP contribution in [-0.2, 0) is 14.8 Å². The highest BCUT2D eigenvalue weighted by Crippen LogP contribution is 2.19. The summed E-state index contributed by atoms with van der Waals surface area (Å²) in [7, 11) is -3.24. The fourth-order valence-corrected chi connectivity index (χ4v) is 3.37. The lowest BCUT2D eigenvalue weighted by Crippen LogP contribution is -2.40. The van der Waals surface area contributed by atoms with E-state index in [1.807, 2.05) is 0 Å². The first-order valence-corrected chi connectivity index (χ1v) is 9.41. The van der Waals surface area contributed by atoms with Crippen LogP contribution in [0.25, 0.3) is 0 Å². The van der Waals surface area contributed by atoms with Gasteiger partial charge in [0.25, 0.3) is 0 Å². The summed E-state index contributed by atoms with van der Waals surface area (Å²) in [6.07, 6.45) is 7.34. The fraction of sp³-hybridized carbons (Fsp3) is 1.00. The van der Waals surface area contributed by atoms with E-state index in [9.17, 15) is 8.42 Å².